The summed E-state index contributed by atoms with van der Waals surface area (Å²) in [6, 6.07) is 0. The Balaban J connectivity index is 2.59. The number of hydrogen-bond donors (Lipinski definition) is 1. The van der Waals surface area contributed by atoms with Crippen molar-refractivity contribution < 1.29 is 13.0 Å². The van der Waals surface area contributed by atoms with E-state index in [2.05, 4.69) is 39.8 Å². The van der Waals surface area contributed by atoms with Gasteiger partial charge in [0.2, 0.25) is 0 Å². The van der Waals surface area contributed by atoms with Crippen LogP contribution in [0, 0.1) is 10.8 Å². The summed E-state index contributed by atoms with van der Waals surface area (Å²) in [6.45, 7) is 10.3. The topological polar surface area (TPSA) is 54.4 Å². The summed E-state index contributed by atoms with van der Waals surface area (Å²) in [5.41, 5.74) is 1.84. The van der Waals surface area contributed by atoms with Crippen molar-refractivity contribution >= 4 is 10.1 Å². The van der Waals surface area contributed by atoms with Crippen LogP contribution in [0.2, 0.25) is 0 Å². The third-order valence-electron chi connectivity index (χ3n) is 5.59. The van der Waals surface area contributed by atoms with Gasteiger partial charge in [-0.05, 0) is 29.9 Å². The molecule has 4 heteroatoms. The molecule has 23 heavy (non-hydrogen) atoms. The summed E-state index contributed by atoms with van der Waals surface area (Å²) in [5.74, 6) is 0. The van der Waals surface area contributed by atoms with E-state index < -0.39 is 14.9 Å². The van der Waals surface area contributed by atoms with Crippen molar-refractivity contribution in [2.24, 2.45) is 10.8 Å². The smallest absolute Gasteiger partial charge is 0.277 e. The molecule has 2 atom stereocenters. The Morgan fingerprint density at radius 1 is 1.09 bits per heavy atom. The molecule has 0 spiro atoms. The van der Waals surface area contributed by atoms with Gasteiger partial charge in [-0.3, -0.25) is 4.55 Å². The third kappa shape index (κ3) is 3.15. The first-order chi connectivity index (χ1) is 10.4. The maximum atomic E-state index is 11.7. The zero-order valence-corrected chi connectivity index (χ0v) is 15.3. The van der Waals surface area contributed by atoms with Crippen LogP contribution in [0.3, 0.4) is 0 Å². The van der Waals surface area contributed by atoms with Gasteiger partial charge in [-0.15, -0.1) is 0 Å². The molecule has 0 aromatic carbocycles. The summed E-state index contributed by atoms with van der Waals surface area (Å²) < 4.78 is 31.4. The van der Waals surface area contributed by atoms with Crippen LogP contribution >= 0.6 is 0 Å². The molecule has 126 valence electrons. The van der Waals surface area contributed by atoms with Crippen molar-refractivity contribution in [1.82, 2.24) is 0 Å². The molecule has 0 radical (unpaired) electrons. The molecule has 0 bridgehead atoms. The standard InChI is InChI=1S/C19H26O3S/c1-6-17(2,3)18(4)11-7-8-15-9-12-19(5,23(20,21)22)13-10-16(15)14-18/h7-14H,6H2,1-5H3,(H,20,21,22). The average Bonchev–Trinajstić information content (AvgIpc) is 2.70. The van der Waals surface area contributed by atoms with E-state index >= 15 is 0 Å². The van der Waals surface area contributed by atoms with Crippen molar-refractivity contribution in [3.8, 4) is 0 Å². The van der Waals surface area contributed by atoms with E-state index in [-0.39, 0.29) is 10.8 Å². The molecule has 0 fully saturated rings. The molecule has 0 aromatic rings. The monoisotopic (exact) mass is 334 g/mol. The highest BCUT2D eigenvalue weighted by Gasteiger charge is 2.38. The summed E-state index contributed by atoms with van der Waals surface area (Å²) in [5, 5.41) is 0. The summed E-state index contributed by atoms with van der Waals surface area (Å²) in [6.07, 6.45) is 16.1. The fourth-order valence-electron chi connectivity index (χ4n) is 2.74. The largest absolute Gasteiger partial charge is 0.285 e. The molecule has 0 aromatic heterocycles. The van der Waals surface area contributed by atoms with Gasteiger partial charge in [0.15, 0.2) is 0 Å². The molecular formula is C19H26O3S. The molecule has 0 aliphatic heterocycles. The van der Waals surface area contributed by atoms with Crippen molar-refractivity contribution in [2.45, 2.75) is 45.8 Å². The Morgan fingerprint density at radius 2 is 1.65 bits per heavy atom. The molecule has 0 heterocycles. The predicted octanol–water partition coefficient (Wildman–Crippen LogP) is 4.62. The van der Waals surface area contributed by atoms with Crippen LogP contribution in [-0.4, -0.2) is 17.7 Å². The van der Waals surface area contributed by atoms with Crippen LogP contribution in [-0.2, 0) is 10.1 Å². The van der Waals surface area contributed by atoms with Gasteiger partial charge in [-0.25, -0.2) is 0 Å². The second-order valence-electron chi connectivity index (χ2n) is 7.43. The van der Waals surface area contributed by atoms with Gasteiger partial charge in [0, 0.05) is 5.41 Å². The van der Waals surface area contributed by atoms with E-state index in [4.69, 9.17) is 0 Å². The van der Waals surface area contributed by atoms with Gasteiger partial charge in [-0.1, -0.05) is 76.3 Å². The first kappa shape index (κ1) is 18.0. The van der Waals surface area contributed by atoms with Crippen molar-refractivity contribution in [3.63, 3.8) is 0 Å². The zero-order valence-electron chi connectivity index (χ0n) is 14.5. The van der Waals surface area contributed by atoms with E-state index in [1.165, 1.54) is 13.0 Å². The van der Waals surface area contributed by atoms with Crippen molar-refractivity contribution in [3.05, 3.63) is 59.8 Å². The molecule has 2 aliphatic carbocycles. The Kier molecular flexibility index (Phi) is 4.37. The quantitative estimate of drug-likeness (QED) is 0.766. The van der Waals surface area contributed by atoms with E-state index in [1.54, 1.807) is 18.2 Å². The third-order valence-corrected chi connectivity index (χ3v) is 6.98. The Morgan fingerprint density at radius 3 is 2.17 bits per heavy atom. The molecule has 2 unspecified atom stereocenters. The number of fused-ring (bicyclic) bond motifs is 1. The van der Waals surface area contributed by atoms with Crippen LogP contribution < -0.4 is 0 Å². The van der Waals surface area contributed by atoms with Gasteiger partial charge >= 0.3 is 0 Å². The SMILES string of the molecule is CCC(C)(C)C1(C)C=CC=C2C=CC(C)(S(=O)(=O)O)C=CC2=C1. The molecule has 0 saturated heterocycles. The average molecular weight is 334 g/mol. The number of rotatable bonds is 3. The highest BCUT2D eigenvalue weighted by Crippen LogP contribution is 2.46. The summed E-state index contributed by atoms with van der Waals surface area (Å²) in [7, 11) is -4.21. The maximum Gasteiger partial charge on any atom is 0.277 e. The van der Waals surface area contributed by atoms with Gasteiger partial charge in [-0.2, -0.15) is 8.42 Å². The lowest BCUT2D eigenvalue weighted by molar-refractivity contribution is 0.190. The molecule has 0 amide bonds. The van der Waals surface area contributed by atoms with Crippen LogP contribution in [0.4, 0.5) is 0 Å². The van der Waals surface area contributed by atoms with Crippen LogP contribution in [0.15, 0.2) is 59.8 Å². The van der Waals surface area contributed by atoms with E-state index in [0.29, 0.717) is 0 Å². The number of allylic oxidation sites excluding steroid dienone is 8. The van der Waals surface area contributed by atoms with E-state index in [1.807, 2.05) is 12.2 Å². The fourth-order valence-corrected chi connectivity index (χ4v) is 3.22. The maximum absolute atomic E-state index is 11.7. The first-order valence-corrected chi connectivity index (χ1v) is 9.36. The van der Waals surface area contributed by atoms with Crippen molar-refractivity contribution in [2.75, 3.05) is 0 Å². The second-order valence-corrected chi connectivity index (χ2v) is 9.26. The minimum Gasteiger partial charge on any atom is -0.285 e. The Bertz CT molecular complexity index is 747. The van der Waals surface area contributed by atoms with Crippen LogP contribution in [0.1, 0.15) is 41.0 Å². The molecule has 0 saturated carbocycles. The fraction of sp³-hybridized carbons (Fsp3) is 0.474. The molecular weight excluding hydrogens is 308 g/mol. The van der Waals surface area contributed by atoms with Crippen LogP contribution in [0.25, 0.3) is 0 Å². The Hall–Kier alpha value is -1.39. The van der Waals surface area contributed by atoms with Gasteiger partial charge in [0.05, 0.1) is 0 Å². The van der Waals surface area contributed by atoms with Crippen molar-refractivity contribution in [1.29, 1.82) is 0 Å². The lowest BCUT2D eigenvalue weighted by atomic mass is 9.64. The molecule has 2 aliphatic rings. The highest BCUT2D eigenvalue weighted by atomic mass is 32.2. The summed E-state index contributed by atoms with van der Waals surface area (Å²) >= 11 is 0. The van der Waals surface area contributed by atoms with Crippen LogP contribution in [0.5, 0.6) is 0 Å². The normalized spacial score (nSPS) is 31.0. The minimum absolute atomic E-state index is 0.0655. The highest BCUT2D eigenvalue weighted by molar-refractivity contribution is 7.87. The Labute approximate surface area is 139 Å². The van der Waals surface area contributed by atoms with Gasteiger partial charge in [0.1, 0.15) is 4.75 Å². The molecule has 2 rings (SSSR count). The molecule has 3 nitrogen and oxygen atoms in total. The molecule has 1 N–H and O–H groups in total. The van der Waals surface area contributed by atoms with E-state index in [0.717, 1.165) is 17.6 Å². The van der Waals surface area contributed by atoms with E-state index in [9.17, 15) is 13.0 Å². The lowest BCUT2D eigenvalue weighted by Gasteiger charge is -2.40. The second kappa shape index (κ2) is 5.60. The minimum atomic E-state index is -4.21. The zero-order chi connectivity index (χ0) is 17.5. The predicted molar refractivity (Wildman–Crippen MR) is 95.7 cm³/mol. The first-order valence-electron chi connectivity index (χ1n) is 7.92. The summed E-state index contributed by atoms with van der Waals surface area (Å²) in [4.78, 5) is 0. The van der Waals surface area contributed by atoms with Gasteiger partial charge < -0.3 is 0 Å². The lowest BCUT2D eigenvalue weighted by Crippen LogP contribution is -2.31. The van der Waals surface area contributed by atoms with Gasteiger partial charge in [0.25, 0.3) is 10.1 Å². The number of hydrogen-bond acceptors (Lipinski definition) is 2.